The summed E-state index contributed by atoms with van der Waals surface area (Å²) in [5.74, 6) is -2.20. The van der Waals surface area contributed by atoms with E-state index in [-0.39, 0.29) is 5.70 Å². The SMILES string of the molecule is CC(=O)N/C(=C/c1ccc(C)c(F)c1)C(=O)O. The molecule has 1 aromatic carbocycles. The lowest BCUT2D eigenvalue weighted by Crippen LogP contribution is -2.24. The van der Waals surface area contributed by atoms with Crippen LogP contribution in [-0.2, 0) is 9.59 Å². The van der Waals surface area contributed by atoms with E-state index < -0.39 is 17.7 Å². The van der Waals surface area contributed by atoms with E-state index in [9.17, 15) is 14.0 Å². The number of rotatable bonds is 3. The van der Waals surface area contributed by atoms with Crippen LogP contribution in [0, 0.1) is 12.7 Å². The zero-order valence-electron chi connectivity index (χ0n) is 9.45. The van der Waals surface area contributed by atoms with Crippen LogP contribution >= 0.6 is 0 Å². The Morgan fingerprint density at radius 1 is 1.41 bits per heavy atom. The van der Waals surface area contributed by atoms with Gasteiger partial charge in [0.25, 0.3) is 0 Å². The van der Waals surface area contributed by atoms with Crippen molar-refractivity contribution in [2.75, 3.05) is 0 Å². The van der Waals surface area contributed by atoms with Crippen molar-refractivity contribution in [3.8, 4) is 0 Å². The van der Waals surface area contributed by atoms with Gasteiger partial charge in [-0.25, -0.2) is 9.18 Å². The number of amides is 1. The first kappa shape index (κ1) is 12.9. The maximum absolute atomic E-state index is 13.2. The van der Waals surface area contributed by atoms with Crippen molar-refractivity contribution in [3.63, 3.8) is 0 Å². The van der Waals surface area contributed by atoms with Gasteiger partial charge in [0.2, 0.25) is 5.91 Å². The summed E-state index contributed by atoms with van der Waals surface area (Å²) in [6.45, 7) is 2.81. The number of carbonyl (C=O) groups excluding carboxylic acids is 1. The predicted octanol–water partition coefficient (Wildman–Crippen LogP) is 1.70. The molecule has 0 atom stereocenters. The summed E-state index contributed by atoms with van der Waals surface area (Å²) >= 11 is 0. The lowest BCUT2D eigenvalue weighted by Gasteiger charge is -2.03. The third-order valence-corrected chi connectivity index (χ3v) is 2.05. The number of hydrogen-bond donors (Lipinski definition) is 2. The topological polar surface area (TPSA) is 66.4 Å². The van der Waals surface area contributed by atoms with E-state index in [4.69, 9.17) is 5.11 Å². The maximum Gasteiger partial charge on any atom is 0.352 e. The molecule has 2 N–H and O–H groups in total. The molecule has 0 radical (unpaired) electrons. The fraction of sp³-hybridized carbons (Fsp3) is 0.167. The molecule has 0 aliphatic rings. The monoisotopic (exact) mass is 237 g/mol. The Balaban J connectivity index is 3.08. The van der Waals surface area contributed by atoms with Gasteiger partial charge in [-0.15, -0.1) is 0 Å². The Kier molecular flexibility index (Phi) is 3.98. The third kappa shape index (κ3) is 3.71. The normalized spacial score (nSPS) is 11.1. The Labute approximate surface area is 97.8 Å². The van der Waals surface area contributed by atoms with Gasteiger partial charge in [0, 0.05) is 6.92 Å². The van der Waals surface area contributed by atoms with E-state index in [1.165, 1.54) is 25.1 Å². The summed E-state index contributed by atoms with van der Waals surface area (Å²) in [7, 11) is 0. The number of aryl methyl sites for hydroxylation is 1. The van der Waals surface area contributed by atoms with Crippen molar-refractivity contribution in [1.82, 2.24) is 5.32 Å². The first-order valence-electron chi connectivity index (χ1n) is 4.89. The van der Waals surface area contributed by atoms with Crippen LogP contribution in [0.2, 0.25) is 0 Å². The van der Waals surface area contributed by atoms with Crippen LogP contribution in [0.3, 0.4) is 0 Å². The molecule has 4 nitrogen and oxygen atoms in total. The summed E-state index contributed by atoms with van der Waals surface area (Å²) in [5, 5.41) is 11.0. The van der Waals surface area contributed by atoms with Crippen molar-refractivity contribution in [3.05, 3.63) is 40.8 Å². The highest BCUT2D eigenvalue weighted by atomic mass is 19.1. The molecular formula is C12H12FNO3. The zero-order valence-corrected chi connectivity index (χ0v) is 9.45. The highest BCUT2D eigenvalue weighted by Crippen LogP contribution is 2.12. The van der Waals surface area contributed by atoms with Crippen molar-refractivity contribution in [1.29, 1.82) is 0 Å². The van der Waals surface area contributed by atoms with E-state index >= 15 is 0 Å². The number of nitrogens with one attached hydrogen (secondary N) is 1. The molecule has 90 valence electrons. The average Bonchev–Trinajstić information content (AvgIpc) is 2.21. The second kappa shape index (κ2) is 5.25. The van der Waals surface area contributed by atoms with E-state index in [0.717, 1.165) is 0 Å². The summed E-state index contributed by atoms with van der Waals surface area (Å²) in [6, 6.07) is 4.32. The molecule has 17 heavy (non-hydrogen) atoms. The molecule has 0 unspecified atom stereocenters. The van der Waals surface area contributed by atoms with Gasteiger partial charge in [-0.3, -0.25) is 4.79 Å². The molecule has 0 aliphatic heterocycles. The van der Waals surface area contributed by atoms with Crippen LogP contribution < -0.4 is 5.32 Å². The predicted molar refractivity (Wildman–Crippen MR) is 60.6 cm³/mol. The van der Waals surface area contributed by atoms with Gasteiger partial charge in [0.05, 0.1) is 0 Å². The number of aliphatic carboxylic acids is 1. The Hall–Kier alpha value is -2.17. The van der Waals surface area contributed by atoms with Gasteiger partial charge < -0.3 is 10.4 Å². The zero-order chi connectivity index (χ0) is 13.0. The maximum atomic E-state index is 13.2. The summed E-state index contributed by atoms with van der Waals surface area (Å²) in [4.78, 5) is 21.6. The van der Waals surface area contributed by atoms with Crippen molar-refractivity contribution in [2.45, 2.75) is 13.8 Å². The quantitative estimate of drug-likeness (QED) is 0.786. The molecule has 0 aliphatic carbocycles. The highest BCUT2D eigenvalue weighted by Gasteiger charge is 2.09. The number of carboxylic acid groups (broad SMARTS) is 1. The number of carbonyl (C=O) groups is 2. The first-order chi connectivity index (χ1) is 7.90. The number of carboxylic acids is 1. The molecule has 0 bridgehead atoms. The Morgan fingerprint density at radius 2 is 2.06 bits per heavy atom. The van der Waals surface area contributed by atoms with E-state index in [1.807, 2.05) is 0 Å². The van der Waals surface area contributed by atoms with Crippen LogP contribution in [0.1, 0.15) is 18.1 Å². The largest absolute Gasteiger partial charge is 0.477 e. The molecule has 1 aromatic rings. The molecule has 0 fully saturated rings. The number of halogens is 1. The van der Waals surface area contributed by atoms with Gasteiger partial charge >= 0.3 is 5.97 Å². The molecule has 1 rings (SSSR count). The molecule has 5 heteroatoms. The molecule has 0 aromatic heterocycles. The molecule has 0 saturated heterocycles. The van der Waals surface area contributed by atoms with Crippen LogP contribution in [0.25, 0.3) is 6.08 Å². The third-order valence-electron chi connectivity index (χ3n) is 2.05. The van der Waals surface area contributed by atoms with E-state index in [1.54, 1.807) is 13.0 Å². The van der Waals surface area contributed by atoms with E-state index in [0.29, 0.717) is 11.1 Å². The minimum atomic E-state index is -1.28. The standard InChI is InChI=1S/C12H12FNO3/c1-7-3-4-9(5-10(7)13)6-11(12(16)17)14-8(2)15/h3-6H,1-2H3,(H,14,15)(H,16,17)/b11-6+. The van der Waals surface area contributed by atoms with Gasteiger partial charge in [-0.05, 0) is 30.2 Å². The van der Waals surface area contributed by atoms with Crippen molar-refractivity contribution >= 4 is 18.0 Å². The van der Waals surface area contributed by atoms with E-state index in [2.05, 4.69) is 5.32 Å². The fourth-order valence-corrected chi connectivity index (χ4v) is 1.21. The number of hydrogen-bond acceptors (Lipinski definition) is 2. The molecular weight excluding hydrogens is 225 g/mol. The summed E-state index contributed by atoms with van der Waals surface area (Å²) < 4.78 is 13.2. The molecule has 1 amide bonds. The first-order valence-corrected chi connectivity index (χ1v) is 4.89. The number of benzene rings is 1. The van der Waals surface area contributed by atoms with Crippen LogP contribution in [0.15, 0.2) is 23.9 Å². The van der Waals surface area contributed by atoms with Gasteiger partial charge in [-0.1, -0.05) is 12.1 Å². The van der Waals surface area contributed by atoms with Crippen molar-refractivity contribution in [2.24, 2.45) is 0 Å². The Bertz CT molecular complexity index is 495. The van der Waals surface area contributed by atoms with Crippen LogP contribution in [0.5, 0.6) is 0 Å². The average molecular weight is 237 g/mol. The minimum Gasteiger partial charge on any atom is -0.477 e. The second-order valence-electron chi connectivity index (χ2n) is 3.55. The van der Waals surface area contributed by atoms with Crippen molar-refractivity contribution < 1.29 is 19.1 Å². The molecule has 0 heterocycles. The minimum absolute atomic E-state index is 0.291. The summed E-state index contributed by atoms with van der Waals surface area (Å²) in [5.41, 5.74) is 0.554. The fourth-order valence-electron chi connectivity index (χ4n) is 1.21. The lowest BCUT2D eigenvalue weighted by atomic mass is 10.1. The lowest BCUT2D eigenvalue weighted by molar-refractivity contribution is -0.134. The molecule has 0 saturated carbocycles. The van der Waals surface area contributed by atoms with Gasteiger partial charge in [0.1, 0.15) is 11.5 Å². The van der Waals surface area contributed by atoms with Gasteiger partial charge in [-0.2, -0.15) is 0 Å². The van der Waals surface area contributed by atoms with Crippen LogP contribution in [-0.4, -0.2) is 17.0 Å². The van der Waals surface area contributed by atoms with Gasteiger partial charge in [0.15, 0.2) is 0 Å². The molecule has 0 spiro atoms. The van der Waals surface area contributed by atoms with Crippen LogP contribution in [0.4, 0.5) is 4.39 Å². The smallest absolute Gasteiger partial charge is 0.352 e. The Morgan fingerprint density at radius 3 is 2.53 bits per heavy atom. The summed E-state index contributed by atoms with van der Waals surface area (Å²) in [6.07, 6.45) is 1.20. The highest BCUT2D eigenvalue weighted by molar-refractivity contribution is 5.96. The second-order valence-corrected chi connectivity index (χ2v) is 3.55.